The molecule has 0 radical (unpaired) electrons. The highest BCUT2D eigenvalue weighted by Gasteiger charge is 2.22. The van der Waals surface area contributed by atoms with Crippen LogP contribution in [0.4, 0.5) is 13.2 Å². The minimum atomic E-state index is -3.06. The van der Waals surface area contributed by atoms with Crippen LogP contribution in [-0.2, 0) is 7.05 Å². The lowest BCUT2D eigenvalue weighted by Crippen LogP contribution is -2.06. The third-order valence-corrected chi connectivity index (χ3v) is 3.94. The van der Waals surface area contributed by atoms with Gasteiger partial charge in [0.1, 0.15) is 16.5 Å². The van der Waals surface area contributed by atoms with Gasteiger partial charge in [0.2, 0.25) is 5.88 Å². The second-order valence-corrected chi connectivity index (χ2v) is 5.36. The van der Waals surface area contributed by atoms with Gasteiger partial charge in [0.25, 0.3) is 0 Å². The molecule has 1 aromatic heterocycles. The number of benzene rings is 1. The van der Waals surface area contributed by atoms with Crippen molar-refractivity contribution in [1.82, 2.24) is 9.78 Å². The maximum absolute atomic E-state index is 13.9. The van der Waals surface area contributed by atoms with E-state index < -0.39 is 12.4 Å². The Morgan fingerprint density at radius 1 is 1.35 bits per heavy atom. The fourth-order valence-corrected chi connectivity index (χ4v) is 2.37. The molecule has 2 aromatic rings. The van der Waals surface area contributed by atoms with Crippen LogP contribution in [0.1, 0.15) is 0 Å². The van der Waals surface area contributed by atoms with Crippen LogP contribution in [-0.4, -0.2) is 16.4 Å². The first-order valence-electron chi connectivity index (χ1n) is 5.13. The van der Waals surface area contributed by atoms with E-state index in [1.165, 1.54) is 13.1 Å². The fraction of sp³-hybridized carbons (Fsp3) is 0.182. The molecule has 20 heavy (non-hydrogen) atoms. The lowest BCUT2D eigenvalue weighted by Gasteiger charge is -2.04. The molecule has 0 bridgehead atoms. The van der Waals surface area contributed by atoms with E-state index in [1.54, 1.807) is 0 Å². The number of hydrogen-bond acceptors (Lipinski definition) is 2. The molecule has 3 nitrogen and oxygen atoms in total. The Kier molecular flexibility index (Phi) is 4.51. The molecular weight excluding hydrogens is 384 g/mol. The summed E-state index contributed by atoms with van der Waals surface area (Å²) in [6.45, 7) is -3.06. The fourth-order valence-electron chi connectivity index (χ4n) is 1.57. The monoisotopic (exact) mass is 388 g/mol. The molecule has 0 unspecified atom stereocenters. The molecule has 0 aliphatic rings. The van der Waals surface area contributed by atoms with Crippen molar-refractivity contribution in [3.05, 3.63) is 32.5 Å². The lowest BCUT2D eigenvalue weighted by atomic mass is 10.1. The van der Waals surface area contributed by atoms with E-state index >= 15 is 0 Å². The third kappa shape index (κ3) is 2.89. The van der Waals surface area contributed by atoms with Crippen LogP contribution in [0.5, 0.6) is 5.88 Å². The Balaban J connectivity index is 2.57. The molecule has 9 heteroatoms. The summed E-state index contributed by atoms with van der Waals surface area (Å²) in [7, 11) is 1.36. The van der Waals surface area contributed by atoms with E-state index in [9.17, 15) is 13.2 Å². The zero-order valence-corrected chi connectivity index (χ0v) is 12.9. The average molecular weight is 390 g/mol. The zero-order valence-electron chi connectivity index (χ0n) is 9.80. The van der Waals surface area contributed by atoms with Crippen LogP contribution in [0.3, 0.4) is 0 Å². The summed E-state index contributed by atoms with van der Waals surface area (Å²) in [5.41, 5.74) is 0.00525. The smallest absolute Gasteiger partial charge is 0.388 e. The number of hydrogen-bond donors (Lipinski definition) is 0. The van der Waals surface area contributed by atoms with E-state index in [2.05, 4.69) is 25.8 Å². The van der Waals surface area contributed by atoms with Crippen LogP contribution in [0, 0.1) is 5.82 Å². The first-order valence-corrected chi connectivity index (χ1v) is 6.68. The normalized spacial score (nSPS) is 11.2. The lowest BCUT2D eigenvalue weighted by molar-refractivity contribution is -0.0552. The van der Waals surface area contributed by atoms with Gasteiger partial charge in [-0.25, -0.2) is 9.07 Å². The number of aromatic nitrogens is 2. The van der Waals surface area contributed by atoms with E-state index in [1.807, 2.05) is 0 Å². The van der Waals surface area contributed by atoms with Crippen molar-refractivity contribution < 1.29 is 17.9 Å². The topological polar surface area (TPSA) is 27.1 Å². The molecule has 0 atom stereocenters. The van der Waals surface area contributed by atoms with Gasteiger partial charge in [-0.15, -0.1) is 0 Å². The second kappa shape index (κ2) is 5.83. The first-order chi connectivity index (χ1) is 9.31. The van der Waals surface area contributed by atoms with Crippen LogP contribution in [0.15, 0.2) is 16.6 Å². The van der Waals surface area contributed by atoms with Crippen LogP contribution < -0.4 is 4.74 Å². The molecule has 108 valence electrons. The van der Waals surface area contributed by atoms with Gasteiger partial charge in [-0.05, 0) is 28.1 Å². The molecule has 0 saturated carbocycles. The molecule has 0 saturated heterocycles. The highest BCUT2D eigenvalue weighted by atomic mass is 79.9. The number of nitrogens with zero attached hydrogens (tertiary/aromatic N) is 2. The van der Waals surface area contributed by atoms with Gasteiger partial charge in [0, 0.05) is 17.1 Å². The molecule has 0 aliphatic heterocycles. The largest absolute Gasteiger partial charge is 0.416 e. The minimum Gasteiger partial charge on any atom is -0.416 e. The highest BCUT2D eigenvalue weighted by molar-refractivity contribution is 9.10. The standard InChI is InChI=1S/C11H6BrCl2F3N2O/c1-19-10(20-11(16)17)8(14)9(18-19)4-2-5(12)6(13)3-7(4)15/h2-3,11H,1H3. The summed E-state index contributed by atoms with van der Waals surface area (Å²) in [5.74, 6) is -1.02. The summed E-state index contributed by atoms with van der Waals surface area (Å²) in [6, 6.07) is 2.43. The molecule has 0 amide bonds. The molecule has 0 fully saturated rings. The van der Waals surface area contributed by atoms with Gasteiger partial charge in [-0.3, -0.25) is 0 Å². The Labute approximate surface area is 130 Å². The van der Waals surface area contributed by atoms with Gasteiger partial charge in [0.15, 0.2) is 0 Å². The van der Waals surface area contributed by atoms with E-state index in [0.717, 1.165) is 10.7 Å². The number of aryl methyl sites for hydroxylation is 1. The van der Waals surface area contributed by atoms with Crippen LogP contribution >= 0.6 is 39.1 Å². The van der Waals surface area contributed by atoms with Gasteiger partial charge < -0.3 is 4.74 Å². The summed E-state index contributed by atoms with van der Waals surface area (Å²) >= 11 is 14.8. The number of halogens is 6. The predicted molar refractivity (Wildman–Crippen MR) is 73.0 cm³/mol. The predicted octanol–water partition coefficient (Wildman–Crippen LogP) is 4.90. The van der Waals surface area contributed by atoms with E-state index in [0.29, 0.717) is 4.47 Å². The molecule has 1 heterocycles. The van der Waals surface area contributed by atoms with Crippen LogP contribution in [0.25, 0.3) is 11.3 Å². The van der Waals surface area contributed by atoms with E-state index in [4.69, 9.17) is 23.2 Å². The Morgan fingerprint density at radius 2 is 2.00 bits per heavy atom. The SMILES string of the molecule is Cn1nc(-c2cc(Br)c(Cl)cc2F)c(Cl)c1OC(F)F. The summed E-state index contributed by atoms with van der Waals surface area (Å²) in [6.07, 6.45) is 0. The Bertz CT molecular complexity index is 664. The van der Waals surface area contributed by atoms with Gasteiger partial charge >= 0.3 is 6.61 Å². The number of ether oxygens (including phenoxy) is 1. The third-order valence-electron chi connectivity index (χ3n) is 2.41. The van der Waals surface area contributed by atoms with Crippen molar-refractivity contribution in [2.24, 2.45) is 7.05 Å². The zero-order chi connectivity index (χ0) is 15.0. The molecular formula is C11H6BrCl2F3N2O. The molecule has 0 spiro atoms. The highest BCUT2D eigenvalue weighted by Crippen LogP contribution is 2.38. The van der Waals surface area contributed by atoms with Gasteiger partial charge in [0.05, 0.1) is 5.02 Å². The molecule has 2 rings (SSSR count). The van der Waals surface area contributed by atoms with E-state index in [-0.39, 0.29) is 27.2 Å². The minimum absolute atomic E-state index is 0.0142. The maximum Gasteiger partial charge on any atom is 0.388 e. The summed E-state index contributed by atoms with van der Waals surface area (Å²) in [5, 5.41) is 3.85. The second-order valence-electron chi connectivity index (χ2n) is 3.72. The Morgan fingerprint density at radius 3 is 2.60 bits per heavy atom. The van der Waals surface area contributed by atoms with Crippen LogP contribution in [0.2, 0.25) is 10.0 Å². The van der Waals surface area contributed by atoms with Crippen molar-refractivity contribution >= 4 is 39.1 Å². The van der Waals surface area contributed by atoms with Gasteiger partial charge in [-0.1, -0.05) is 23.2 Å². The molecule has 1 aromatic carbocycles. The van der Waals surface area contributed by atoms with Crippen molar-refractivity contribution in [3.63, 3.8) is 0 Å². The van der Waals surface area contributed by atoms with Crippen molar-refractivity contribution in [3.8, 4) is 17.1 Å². The Hall–Kier alpha value is -0.920. The summed E-state index contributed by atoms with van der Waals surface area (Å²) in [4.78, 5) is 0. The number of alkyl halides is 2. The van der Waals surface area contributed by atoms with Crippen molar-refractivity contribution in [1.29, 1.82) is 0 Å². The molecule has 0 aliphatic carbocycles. The maximum atomic E-state index is 13.9. The number of rotatable bonds is 3. The quantitative estimate of drug-likeness (QED) is 0.698. The summed E-state index contributed by atoms with van der Waals surface area (Å²) < 4.78 is 44.1. The van der Waals surface area contributed by atoms with Crippen molar-refractivity contribution in [2.45, 2.75) is 6.61 Å². The average Bonchev–Trinajstić information content (AvgIpc) is 2.61. The first kappa shape index (κ1) is 15.5. The molecule has 0 N–H and O–H groups in total. The van der Waals surface area contributed by atoms with Gasteiger partial charge in [-0.2, -0.15) is 13.9 Å². The van der Waals surface area contributed by atoms with Crippen molar-refractivity contribution in [2.75, 3.05) is 0 Å².